The molecule has 2 aromatic rings. The zero-order chi connectivity index (χ0) is 14.3. The topological polar surface area (TPSA) is 107 Å². The van der Waals surface area contributed by atoms with Gasteiger partial charge in [-0.2, -0.15) is 0 Å². The maximum atomic E-state index is 12.4. The lowest BCUT2D eigenvalue weighted by atomic mass is 10.1. The van der Waals surface area contributed by atoms with E-state index >= 15 is 0 Å². The predicted molar refractivity (Wildman–Crippen MR) is 69.2 cm³/mol. The van der Waals surface area contributed by atoms with E-state index in [0.717, 1.165) is 5.52 Å². The molecule has 2 heterocycles. The van der Waals surface area contributed by atoms with Gasteiger partial charge in [-0.05, 0) is 18.2 Å². The molecule has 1 fully saturated rings. The van der Waals surface area contributed by atoms with E-state index in [4.69, 9.17) is 5.11 Å². The van der Waals surface area contributed by atoms with Gasteiger partial charge < -0.3 is 20.1 Å². The SMILES string of the molecule is O=C(O)C1CC(O)CN1C(=O)c1ccc2nc[nH]c2c1. The van der Waals surface area contributed by atoms with Crippen LogP contribution in [-0.4, -0.2) is 55.6 Å². The molecule has 20 heavy (non-hydrogen) atoms. The fraction of sp³-hybridized carbons (Fsp3) is 0.308. The second-order valence-electron chi connectivity index (χ2n) is 4.84. The first-order valence-corrected chi connectivity index (χ1v) is 6.21. The molecule has 0 aliphatic carbocycles. The van der Waals surface area contributed by atoms with Gasteiger partial charge in [-0.3, -0.25) is 4.79 Å². The van der Waals surface area contributed by atoms with Crippen molar-refractivity contribution in [3.63, 3.8) is 0 Å². The molecule has 7 nitrogen and oxygen atoms in total. The second kappa shape index (κ2) is 4.61. The third kappa shape index (κ3) is 2.01. The van der Waals surface area contributed by atoms with Crippen LogP contribution in [0.4, 0.5) is 0 Å². The molecule has 0 bridgehead atoms. The first kappa shape index (κ1) is 12.6. The van der Waals surface area contributed by atoms with Crippen molar-refractivity contribution < 1.29 is 19.8 Å². The Morgan fingerprint density at radius 2 is 2.20 bits per heavy atom. The lowest BCUT2D eigenvalue weighted by Gasteiger charge is -2.21. The highest BCUT2D eigenvalue weighted by Crippen LogP contribution is 2.22. The van der Waals surface area contributed by atoms with Gasteiger partial charge in [0.2, 0.25) is 0 Å². The van der Waals surface area contributed by atoms with Crippen molar-refractivity contribution in [2.75, 3.05) is 6.54 Å². The molecule has 7 heteroatoms. The number of nitrogens with one attached hydrogen (secondary N) is 1. The van der Waals surface area contributed by atoms with Crippen LogP contribution in [-0.2, 0) is 4.79 Å². The van der Waals surface area contributed by atoms with Crippen molar-refractivity contribution in [3.05, 3.63) is 30.1 Å². The molecular formula is C13H13N3O4. The summed E-state index contributed by atoms with van der Waals surface area (Å²) in [4.78, 5) is 31.7. The average molecular weight is 275 g/mol. The molecule has 3 rings (SSSR count). The minimum Gasteiger partial charge on any atom is -0.480 e. The highest BCUT2D eigenvalue weighted by atomic mass is 16.4. The number of β-amino-alcohol motifs (C(OH)–C–C–N with tert-alkyl or cyclic N) is 1. The summed E-state index contributed by atoms with van der Waals surface area (Å²) < 4.78 is 0. The first-order chi connectivity index (χ1) is 9.56. The van der Waals surface area contributed by atoms with Crippen LogP contribution in [0.1, 0.15) is 16.8 Å². The molecule has 0 saturated carbocycles. The number of hydrogen-bond acceptors (Lipinski definition) is 4. The molecule has 0 spiro atoms. The molecular weight excluding hydrogens is 262 g/mol. The number of carbonyl (C=O) groups is 2. The Labute approximate surface area is 113 Å². The summed E-state index contributed by atoms with van der Waals surface area (Å²) in [5.41, 5.74) is 1.82. The fourth-order valence-electron chi connectivity index (χ4n) is 2.51. The van der Waals surface area contributed by atoms with Crippen molar-refractivity contribution in [1.29, 1.82) is 0 Å². The number of benzene rings is 1. The van der Waals surface area contributed by atoms with Crippen LogP contribution in [0.2, 0.25) is 0 Å². The summed E-state index contributed by atoms with van der Waals surface area (Å²) in [6.07, 6.45) is 0.794. The lowest BCUT2D eigenvalue weighted by molar-refractivity contribution is -0.141. The highest BCUT2D eigenvalue weighted by molar-refractivity contribution is 5.99. The Hall–Kier alpha value is -2.41. The number of H-pyrrole nitrogens is 1. The Kier molecular flexibility index (Phi) is 2.90. The Morgan fingerprint density at radius 3 is 2.95 bits per heavy atom. The van der Waals surface area contributed by atoms with Crippen LogP contribution >= 0.6 is 0 Å². The summed E-state index contributed by atoms with van der Waals surface area (Å²) in [5.74, 6) is -1.50. The standard InChI is InChI=1S/C13H13N3O4/c17-8-4-11(13(19)20)16(5-8)12(18)7-1-2-9-10(3-7)15-6-14-9/h1-3,6,8,11,17H,4-5H2,(H,14,15)(H,19,20). The number of carboxylic acids is 1. The number of rotatable bonds is 2. The largest absolute Gasteiger partial charge is 0.480 e. The normalized spacial score (nSPS) is 22.4. The number of fused-ring (bicyclic) bond motifs is 1. The van der Waals surface area contributed by atoms with Gasteiger partial charge in [-0.25, -0.2) is 9.78 Å². The highest BCUT2D eigenvalue weighted by Gasteiger charge is 2.39. The summed E-state index contributed by atoms with van der Waals surface area (Å²) in [6, 6.07) is 3.96. The average Bonchev–Trinajstić information content (AvgIpc) is 3.02. The van der Waals surface area contributed by atoms with E-state index in [9.17, 15) is 14.7 Å². The third-order valence-electron chi connectivity index (χ3n) is 3.49. The van der Waals surface area contributed by atoms with E-state index in [1.165, 1.54) is 11.2 Å². The van der Waals surface area contributed by atoms with E-state index in [1.807, 2.05) is 0 Å². The van der Waals surface area contributed by atoms with Gasteiger partial charge in [-0.1, -0.05) is 0 Å². The third-order valence-corrected chi connectivity index (χ3v) is 3.49. The monoisotopic (exact) mass is 275 g/mol. The van der Waals surface area contributed by atoms with E-state index in [-0.39, 0.29) is 13.0 Å². The fourth-order valence-corrected chi connectivity index (χ4v) is 2.51. The number of aliphatic carboxylic acids is 1. The number of carboxylic acid groups (broad SMARTS) is 1. The zero-order valence-corrected chi connectivity index (χ0v) is 10.5. The van der Waals surface area contributed by atoms with Gasteiger partial charge in [0.1, 0.15) is 6.04 Å². The number of carbonyl (C=O) groups excluding carboxylic acids is 1. The molecule has 2 unspecified atom stereocenters. The van der Waals surface area contributed by atoms with Crippen molar-refractivity contribution in [2.45, 2.75) is 18.6 Å². The zero-order valence-electron chi connectivity index (χ0n) is 10.5. The molecule has 1 aliphatic rings. The first-order valence-electron chi connectivity index (χ1n) is 6.21. The van der Waals surface area contributed by atoms with Crippen LogP contribution in [0.5, 0.6) is 0 Å². The van der Waals surface area contributed by atoms with Gasteiger partial charge in [0.15, 0.2) is 0 Å². The molecule has 104 valence electrons. The molecule has 1 amide bonds. The number of likely N-dealkylation sites (tertiary alicyclic amines) is 1. The van der Waals surface area contributed by atoms with Gasteiger partial charge >= 0.3 is 5.97 Å². The second-order valence-corrected chi connectivity index (χ2v) is 4.84. The van der Waals surface area contributed by atoms with Crippen LogP contribution in [0.3, 0.4) is 0 Å². The van der Waals surface area contributed by atoms with Gasteiger partial charge in [0.25, 0.3) is 5.91 Å². The van der Waals surface area contributed by atoms with Crippen molar-refractivity contribution in [2.24, 2.45) is 0 Å². The lowest BCUT2D eigenvalue weighted by Crippen LogP contribution is -2.40. The number of aromatic amines is 1. The molecule has 1 saturated heterocycles. The Morgan fingerprint density at radius 1 is 1.40 bits per heavy atom. The summed E-state index contributed by atoms with van der Waals surface area (Å²) in [7, 11) is 0. The number of aromatic nitrogens is 2. The number of nitrogens with zero attached hydrogens (tertiary/aromatic N) is 2. The predicted octanol–water partition coefficient (Wildman–Crippen LogP) is 0.223. The Balaban J connectivity index is 1.92. The number of imidazole rings is 1. The maximum Gasteiger partial charge on any atom is 0.326 e. The molecule has 0 radical (unpaired) electrons. The molecule has 2 atom stereocenters. The smallest absolute Gasteiger partial charge is 0.326 e. The van der Waals surface area contributed by atoms with E-state index in [2.05, 4.69) is 9.97 Å². The minimum atomic E-state index is -1.10. The van der Waals surface area contributed by atoms with E-state index < -0.39 is 24.0 Å². The van der Waals surface area contributed by atoms with Crippen LogP contribution in [0.25, 0.3) is 11.0 Å². The van der Waals surface area contributed by atoms with Crippen LogP contribution in [0, 0.1) is 0 Å². The van der Waals surface area contributed by atoms with E-state index in [1.54, 1.807) is 18.2 Å². The van der Waals surface area contributed by atoms with Crippen molar-refractivity contribution in [1.82, 2.24) is 14.9 Å². The quantitative estimate of drug-likeness (QED) is 0.727. The van der Waals surface area contributed by atoms with Gasteiger partial charge in [-0.15, -0.1) is 0 Å². The van der Waals surface area contributed by atoms with Gasteiger partial charge in [0, 0.05) is 18.5 Å². The summed E-state index contributed by atoms with van der Waals surface area (Å²) >= 11 is 0. The number of hydrogen-bond donors (Lipinski definition) is 3. The molecule has 1 aliphatic heterocycles. The minimum absolute atomic E-state index is 0.0385. The Bertz CT molecular complexity index is 681. The molecule has 1 aromatic heterocycles. The van der Waals surface area contributed by atoms with Gasteiger partial charge in [0.05, 0.1) is 23.5 Å². The van der Waals surface area contributed by atoms with E-state index in [0.29, 0.717) is 11.1 Å². The number of aliphatic hydroxyl groups excluding tert-OH is 1. The van der Waals surface area contributed by atoms with Crippen LogP contribution < -0.4 is 0 Å². The maximum absolute atomic E-state index is 12.4. The summed E-state index contributed by atoms with van der Waals surface area (Å²) in [6.45, 7) is 0.0385. The van der Waals surface area contributed by atoms with Crippen molar-refractivity contribution in [3.8, 4) is 0 Å². The summed E-state index contributed by atoms with van der Waals surface area (Å²) in [5, 5.41) is 18.7. The molecule has 3 N–H and O–H groups in total. The van der Waals surface area contributed by atoms with Crippen molar-refractivity contribution >= 4 is 22.9 Å². The number of amides is 1. The van der Waals surface area contributed by atoms with Crippen LogP contribution in [0.15, 0.2) is 24.5 Å². The number of aliphatic hydroxyl groups is 1. The molecule has 1 aromatic carbocycles.